The molecule has 0 spiro atoms. The first-order valence-electron chi connectivity index (χ1n) is 19.1. The van der Waals surface area contributed by atoms with Crippen LogP contribution in [0.1, 0.15) is 139 Å². The summed E-state index contributed by atoms with van der Waals surface area (Å²) in [5, 5.41) is 31.1. The predicted octanol–water partition coefficient (Wildman–Crippen LogP) is 8.76. The van der Waals surface area contributed by atoms with E-state index in [0.717, 1.165) is 24.8 Å². The van der Waals surface area contributed by atoms with Gasteiger partial charge in [0.15, 0.2) is 11.4 Å². The van der Waals surface area contributed by atoms with E-state index < -0.39 is 20.0 Å². The quantitative estimate of drug-likeness (QED) is 0.0555. The van der Waals surface area contributed by atoms with E-state index in [-0.39, 0.29) is 24.9 Å². The molecule has 4 N–H and O–H groups in total. The van der Waals surface area contributed by atoms with Gasteiger partial charge in [0, 0.05) is 13.2 Å². The second-order valence-corrected chi connectivity index (χ2v) is 14.5. The Balaban J connectivity index is 0.000000586. The molecule has 1 aliphatic heterocycles. The maximum atomic E-state index is 12.5. The van der Waals surface area contributed by atoms with Gasteiger partial charge in [-0.3, -0.25) is 0 Å². The number of nitrogens with zero attached hydrogens (tertiary/aromatic N) is 5. The highest BCUT2D eigenvalue weighted by Crippen LogP contribution is 2.43. The molecule has 3 aromatic rings. The molecule has 1 fully saturated rings. The molecule has 3 unspecified atom stereocenters. The van der Waals surface area contributed by atoms with Crippen molar-refractivity contribution in [3.8, 4) is 12.1 Å². The summed E-state index contributed by atoms with van der Waals surface area (Å²) in [7, 11) is -2.10. The van der Waals surface area contributed by atoms with Gasteiger partial charge in [-0.2, -0.15) is 15.6 Å². The fourth-order valence-corrected chi connectivity index (χ4v) is 6.89. The Kier molecular flexibility index (Phi) is 21.4. The molecule has 1 saturated heterocycles. The van der Waals surface area contributed by atoms with Gasteiger partial charge in [0.25, 0.3) is 0 Å². The third kappa shape index (κ3) is 16.3. The standard InChI is InChI=1S/C31H52N5O5P.C8H6FNO/c1-2-3-4-5-6-7-8-9-10-11-12-13-14-15-21-38-22-16-23-39-42(37)40-25-31(24-32)20-19-29(41-31)27-17-18-28-30(33)34-26-35-36(27)28;9-8-2-6(4-10)1-7(3-8)5-11/h17-18,26,29,37H,2-16,19-23,25H2,1H3,(H2,33,34,35);1-3,11H,5H2. The first kappa shape index (κ1) is 44.1. The van der Waals surface area contributed by atoms with Gasteiger partial charge < -0.3 is 34.3 Å². The number of ether oxygens (including phenoxy) is 2. The SMILES string of the molecule is CCCCCCCCCCCCCCCCOCCCOP(O)OCC1(C#N)CCC(c2ccc3c(N)ncnn23)O1.N#Cc1cc(F)cc(CO)c1. The molecule has 0 saturated carbocycles. The van der Waals surface area contributed by atoms with Gasteiger partial charge >= 0.3 is 8.60 Å². The van der Waals surface area contributed by atoms with Gasteiger partial charge in [0.05, 0.1) is 37.1 Å². The normalized spacial score (nSPS) is 17.3. The molecule has 0 amide bonds. The van der Waals surface area contributed by atoms with Crippen LogP contribution < -0.4 is 5.73 Å². The summed E-state index contributed by atoms with van der Waals surface area (Å²) < 4.78 is 36.9. The third-order valence-corrected chi connectivity index (χ3v) is 9.93. The number of nitriles is 2. The lowest BCUT2D eigenvalue weighted by molar-refractivity contribution is -0.0359. The van der Waals surface area contributed by atoms with Crippen LogP contribution in [0.3, 0.4) is 0 Å². The number of aliphatic hydroxyl groups is 1. The van der Waals surface area contributed by atoms with Gasteiger partial charge in [0.2, 0.25) is 0 Å². The van der Waals surface area contributed by atoms with Gasteiger partial charge in [0.1, 0.15) is 29.8 Å². The Morgan fingerprint density at radius 3 is 2.25 bits per heavy atom. The molecule has 2 aromatic heterocycles. The smallest absolute Gasteiger partial charge is 0.329 e. The summed E-state index contributed by atoms with van der Waals surface area (Å²) in [6.45, 7) is 3.65. The average Bonchev–Trinajstić information content (AvgIpc) is 3.81. The number of unbranched alkanes of at least 4 members (excludes halogenated alkanes) is 13. The van der Waals surface area contributed by atoms with E-state index in [1.807, 2.05) is 12.1 Å². The molecule has 1 aliphatic rings. The van der Waals surface area contributed by atoms with Crippen molar-refractivity contribution in [2.75, 3.05) is 32.2 Å². The highest BCUT2D eigenvalue weighted by atomic mass is 31.2. The predicted molar refractivity (Wildman–Crippen MR) is 203 cm³/mol. The van der Waals surface area contributed by atoms with Crippen LogP contribution in [0.5, 0.6) is 0 Å². The van der Waals surface area contributed by atoms with E-state index in [0.29, 0.717) is 49.4 Å². The number of rotatable bonds is 25. The fourth-order valence-electron chi connectivity index (χ4n) is 6.21. The average molecular weight is 757 g/mol. The zero-order valence-electron chi connectivity index (χ0n) is 31.3. The van der Waals surface area contributed by atoms with Crippen molar-refractivity contribution in [2.45, 2.75) is 134 Å². The summed E-state index contributed by atoms with van der Waals surface area (Å²) in [6.07, 6.45) is 21.7. The van der Waals surface area contributed by atoms with E-state index in [4.69, 9.17) is 34.6 Å². The number of fused-ring (bicyclic) bond motifs is 1. The number of benzene rings is 1. The minimum atomic E-state index is -2.10. The van der Waals surface area contributed by atoms with E-state index in [1.165, 1.54) is 102 Å². The maximum Gasteiger partial charge on any atom is 0.329 e. The summed E-state index contributed by atoms with van der Waals surface area (Å²) >= 11 is 0. The summed E-state index contributed by atoms with van der Waals surface area (Å²) in [4.78, 5) is 14.2. The molecule has 12 nitrogen and oxygen atoms in total. The molecule has 1 aromatic carbocycles. The molecule has 3 heterocycles. The molecular weight excluding hydrogens is 698 g/mol. The summed E-state index contributed by atoms with van der Waals surface area (Å²) in [6, 6.07) is 11.5. The highest BCUT2D eigenvalue weighted by Gasteiger charge is 2.43. The topological polar surface area (TPSA) is 181 Å². The monoisotopic (exact) mass is 756 g/mol. The molecule has 3 atom stereocenters. The number of nitrogen functional groups attached to an aromatic ring is 1. The Morgan fingerprint density at radius 1 is 0.943 bits per heavy atom. The molecule has 53 heavy (non-hydrogen) atoms. The second-order valence-electron chi connectivity index (χ2n) is 13.5. The second kappa shape index (κ2) is 25.7. The zero-order valence-corrected chi connectivity index (χ0v) is 32.2. The number of nitrogens with two attached hydrogens (primary N) is 1. The van der Waals surface area contributed by atoms with Crippen LogP contribution in [0.15, 0.2) is 36.7 Å². The van der Waals surface area contributed by atoms with E-state index >= 15 is 0 Å². The highest BCUT2D eigenvalue weighted by molar-refractivity contribution is 7.40. The number of hydrogen-bond acceptors (Lipinski definition) is 11. The molecule has 0 bridgehead atoms. The minimum Gasteiger partial charge on any atom is -0.392 e. The van der Waals surface area contributed by atoms with Crippen molar-refractivity contribution in [3.05, 3.63) is 59.3 Å². The molecular formula is C39H58FN6O6P. The lowest BCUT2D eigenvalue weighted by Crippen LogP contribution is -2.31. The lowest BCUT2D eigenvalue weighted by Gasteiger charge is -2.22. The van der Waals surface area contributed by atoms with Gasteiger partial charge in [-0.1, -0.05) is 90.4 Å². The molecule has 14 heteroatoms. The molecule has 0 radical (unpaired) electrons. The number of anilines is 1. The van der Waals surface area contributed by atoms with Gasteiger partial charge in [-0.05, 0) is 61.6 Å². The van der Waals surface area contributed by atoms with Crippen LogP contribution in [-0.4, -0.2) is 56.6 Å². The fraction of sp³-hybridized carbons (Fsp3) is 0.641. The number of hydrogen-bond donors (Lipinski definition) is 3. The van der Waals surface area contributed by atoms with Crippen LogP contribution in [0.25, 0.3) is 5.52 Å². The van der Waals surface area contributed by atoms with Gasteiger partial charge in [-0.15, -0.1) is 0 Å². The lowest BCUT2D eigenvalue weighted by atomic mass is 10.0. The first-order valence-corrected chi connectivity index (χ1v) is 20.3. The Hall–Kier alpha value is -3.26. The van der Waals surface area contributed by atoms with Crippen molar-refractivity contribution in [1.82, 2.24) is 14.6 Å². The van der Waals surface area contributed by atoms with Crippen molar-refractivity contribution in [2.24, 2.45) is 0 Å². The summed E-state index contributed by atoms with van der Waals surface area (Å²) in [5.41, 5.74) is 6.91. The van der Waals surface area contributed by atoms with Crippen LogP contribution in [0.4, 0.5) is 10.2 Å². The number of halogens is 1. The van der Waals surface area contributed by atoms with Crippen LogP contribution in [0.2, 0.25) is 0 Å². The van der Waals surface area contributed by atoms with E-state index in [1.54, 1.807) is 10.6 Å². The Bertz CT molecular complexity index is 1550. The zero-order chi connectivity index (χ0) is 38.2. The van der Waals surface area contributed by atoms with Crippen LogP contribution >= 0.6 is 8.60 Å². The third-order valence-electron chi connectivity index (χ3n) is 9.18. The van der Waals surface area contributed by atoms with Crippen molar-refractivity contribution >= 4 is 19.9 Å². The van der Waals surface area contributed by atoms with Gasteiger partial charge in [-0.25, -0.2) is 13.9 Å². The number of aliphatic hydroxyl groups excluding tert-OH is 1. The van der Waals surface area contributed by atoms with Crippen molar-refractivity contribution < 1.29 is 32.9 Å². The minimum absolute atomic E-state index is 0.0712. The van der Waals surface area contributed by atoms with Crippen molar-refractivity contribution in [1.29, 1.82) is 10.5 Å². The molecule has 292 valence electrons. The largest absolute Gasteiger partial charge is 0.392 e. The maximum absolute atomic E-state index is 12.5. The Morgan fingerprint density at radius 2 is 1.60 bits per heavy atom. The molecule has 0 aliphatic carbocycles. The first-order chi connectivity index (χ1) is 25.8. The summed E-state index contributed by atoms with van der Waals surface area (Å²) in [5.74, 6) is -0.111. The molecule has 4 rings (SSSR count). The van der Waals surface area contributed by atoms with Crippen LogP contribution in [-0.2, 0) is 25.1 Å². The van der Waals surface area contributed by atoms with Crippen molar-refractivity contribution in [3.63, 3.8) is 0 Å². The van der Waals surface area contributed by atoms with Crippen LogP contribution in [0, 0.1) is 28.5 Å². The Labute approximate surface area is 315 Å². The van der Waals surface area contributed by atoms with E-state index in [9.17, 15) is 14.5 Å². The van der Waals surface area contributed by atoms with E-state index in [2.05, 4.69) is 23.1 Å². The number of aromatic nitrogens is 3.